The molecule has 0 aliphatic heterocycles. The van der Waals surface area contributed by atoms with Crippen LogP contribution in [0.2, 0.25) is 0 Å². The molecule has 0 atom stereocenters. The van der Waals surface area contributed by atoms with Crippen LogP contribution >= 0.6 is 0 Å². The van der Waals surface area contributed by atoms with E-state index >= 15 is 0 Å². The van der Waals surface area contributed by atoms with Crippen molar-refractivity contribution < 1.29 is 0 Å². The Labute approximate surface area is 186 Å². The van der Waals surface area contributed by atoms with Crippen LogP contribution in [0.25, 0.3) is 27.8 Å². The molecule has 0 bridgehead atoms. The molecule has 6 nitrogen and oxygen atoms in total. The van der Waals surface area contributed by atoms with Crippen molar-refractivity contribution in [1.82, 2.24) is 24.6 Å². The van der Waals surface area contributed by atoms with Crippen molar-refractivity contribution in [2.45, 2.75) is 39.0 Å². The van der Waals surface area contributed by atoms with Crippen molar-refractivity contribution in [2.75, 3.05) is 0 Å². The van der Waals surface area contributed by atoms with E-state index in [2.05, 4.69) is 71.5 Å². The van der Waals surface area contributed by atoms with Gasteiger partial charge in [-0.1, -0.05) is 32.0 Å². The van der Waals surface area contributed by atoms with Crippen LogP contribution in [0.1, 0.15) is 48.6 Å². The summed E-state index contributed by atoms with van der Waals surface area (Å²) in [6.07, 6.45) is 10.2. The van der Waals surface area contributed by atoms with Gasteiger partial charge in [-0.05, 0) is 48.9 Å². The van der Waals surface area contributed by atoms with Gasteiger partial charge in [0, 0.05) is 46.3 Å². The van der Waals surface area contributed by atoms with E-state index in [-0.39, 0.29) is 0 Å². The molecule has 4 heterocycles. The zero-order valence-electron chi connectivity index (χ0n) is 18.2. The molecule has 0 aliphatic rings. The highest BCUT2D eigenvalue weighted by Crippen LogP contribution is 2.26. The van der Waals surface area contributed by atoms with Gasteiger partial charge in [-0.15, -0.1) is 0 Å². The summed E-state index contributed by atoms with van der Waals surface area (Å²) in [4.78, 5) is 12.5. The number of nitrogens with one attached hydrogen (secondary N) is 1. The van der Waals surface area contributed by atoms with Crippen LogP contribution < -0.4 is 0 Å². The highest BCUT2D eigenvalue weighted by atomic mass is 15.3. The number of fused-ring (bicyclic) bond motifs is 2. The molecule has 0 amide bonds. The molecule has 4 aromatic heterocycles. The first-order valence-electron chi connectivity index (χ1n) is 10.9. The molecule has 1 N–H and O–H groups in total. The number of hydrogen-bond donors (Lipinski definition) is 1. The molecule has 0 aliphatic carbocycles. The van der Waals surface area contributed by atoms with E-state index in [9.17, 15) is 5.26 Å². The van der Waals surface area contributed by atoms with Crippen LogP contribution in [-0.2, 0) is 12.8 Å². The lowest BCUT2D eigenvalue weighted by molar-refractivity contribution is 0.756. The van der Waals surface area contributed by atoms with E-state index < -0.39 is 0 Å². The van der Waals surface area contributed by atoms with Gasteiger partial charge in [0.1, 0.15) is 6.07 Å². The lowest BCUT2D eigenvalue weighted by Gasteiger charge is -2.10. The Morgan fingerprint density at radius 2 is 1.97 bits per heavy atom. The van der Waals surface area contributed by atoms with E-state index in [0.29, 0.717) is 11.5 Å². The molecule has 5 rings (SSSR count). The van der Waals surface area contributed by atoms with Gasteiger partial charge in [0.05, 0.1) is 17.5 Å². The van der Waals surface area contributed by atoms with Gasteiger partial charge in [-0.2, -0.15) is 10.4 Å². The molecular weight excluding hydrogens is 396 g/mol. The minimum atomic E-state index is 0.317. The fraction of sp³-hybridized carbons (Fsp3) is 0.231. The Balaban J connectivity index is 1.50. The summed E-state index contributed by atoms with van der Waals surface area (Å²) in [6, 6.07) is 14.5. The molecule has 0 radical (unpaired) electrons. The van der Waals surface area contributed by atoms with Gasteiger partial charge in [-0.25, -0.2) is 9.50 Å². The van der Waals surface area contributed by atoms with Crippen LogP contribution in [0.4, 0.5) is 0 Å². The van der Waals surface area contributed by atoms with Gasteiger partial charge in [0.15, 0.2) is 5.65 Å². The number of H-pyrrole nitrogens is 1. The highest BCUT2D eigenvalue weighted by Gasteiger charge is 2.15. The Hall–Kier alpha value is -3.98. The van der Waals surface area contributed by atoms with E-state index in [1.165, 1.54) is 16.5 Å². The Bertz CT molecular complexity index is 1450. The molecule has 1 aromatic carbocycles. The van der Waals surface area contributed by atoms with Crippen molar-refractivity contribution in [2.24, 2.45) is 0 Å². The summed E-state index contributed by atoms with van der Waals surface area (Å²) < 4.78 is 1.97. The van der Waals surface area contributed by atoms with E-state index in [0.717, 1.165) is 47.4 Å². The number of rotatable bonds is 6. The SMILES string of the molecule is CC(C)c1cnn2c(CCCc3c[nH]c4ccccc34)cc(-c3cncc(C#N)c3)nc12. The lowest BCUT2D eigenvalue weighted by Crippen LogP contribution is -2.04. The first-order valence-corrected chi connectivity index (χ1v) is 10.9. The van der Waals surface area contributed by atoms with Crippen LogP contribution in [-0.4, -0.2) is 24.6 Å². The maximum absolute atomic E-state index is 9.27. The van der Waals surface area contributed by atoms with Gasteiger partial charge >= 0.3 is 0 Å². The topological polar surface area (TPSA) is 82.7 Å². The number of pyridine rings is 1. The number of hydrogen-bond acceptors (Lipinski definition) is 4. The average Bonchev–Trinajstić information content (AvgIpc) is 3.43. The van der Waals surface area contributed by atoms with Gasteiger partial charge in [0.2, 0.25) is 0 Å². The van der Waals surface area contributed by atoms with Crippen molar-refractivity contribution in [3.05, 3.63) is 83.6 Å². The molecule has 0 spiro atoms. The van der Waals surface area contributed by atoms with Crippen LogP contribution in [0.15, 0.2) is 61.2 Å². The molecule has 6 heteroatoms. The predicted molar refractivity (Wildman–Crippen MR) is 125 cm³/mol. The van der Waals surface area contributed by atoms with Gasteiger partial charge in [-0.3, -0.25) is 4.98 Å². The number of aromatic nitrogens is 5. The molecule has 0 saturated carbocycles. The normalized spacial score (nSPS) is 11.4. The standard InChI is InChI=1S/C26H24N6/c1-17(2)23-16-30-32-21(7-5-6-19-15-29-24-9-4-3-8-22(19)24)11-25(31-26(23)32)20-10-18(12-27)13-28-14-20/h3-4,8-11,13-17,29H,5-7H2,1-2H3. The molecule has 0 saturated heterocycles. The van der Waals surface area contributed by atoms with Crippen molar-refractivity contribution in [3.63, 3.8) is 0 Å². The number of aromatic amines is 1. The summed E-state index contributed by atoms with van der Waals surface area (Å²) in [5.74, 6) is 0.317. The van der Waals surface area contributed by atoms with Crippen LogP contribution in [0, 0.1) is 11.3 Å². The largest absolute Gasteiger partial charge is 0.361 e. The molecule has 32 heavy (non-hydrogen) atoms. The highest BCUT2D eigenvalue weighted by molar-refractivity contribution is 5.83. The molecule has 0 unspecified atom stereocenters. The summed E-state index contributed by atoms with van der Waals surface area (Å²) in [5.41, 5.74) is 7.82. The maximum atomic E-state index is 9.27. The van der Waals surface area contributed by atoms with Crippen molar-refractivity contribution in [3.8, 4) is 17.3 Å². The molecule has 5 aromatic rings. The number of nitrogens with zero attached hydrogens (tertiary/aromatic N) is 5. The van der Waals surface area contributed by atoms with Gasteiger partial charge in [0.25, 0.3) is 0 Å². The smallest absolute Gasteiger partial charge is 0.159 e. The summed E-state index contributed by atoms with van der Waals surface area (Å²) in [7, 11) is 0. The summed E-state index contributed by atoms with van der Waals surface area (Å²) >= 11 is 0. The second kappa shape index (κ2) is 8.27. The third kappa shape index (κ3) is 3.63. The predicted octanol–water partition coefficient (Wildman–Crippen LogP) is 5.44. The minimum absolute atomic E-state index is 0.317. The zero-order chi connectivity index (χ0) is 22.1. The van der Waals surface area contributed by atoms with Crippen molar-refractivity contribution in [1.29, 1.82) is 5.26 Å². The minimum Gasteiger partial charge on any atom is -0.361 e. The third-order valence-electron chi connectivity index (χ3n) is 5.91. The fourth-order valence-electron chi connectivity index (χ4n) is 4.21. The number of benzene rings is 1. The second-order valence-corrected chi connectivity index (χ2v) is 8.41. The fourth-order valence-corrected chi connectivity index (χ4v) is 4.21. The second-order valence-electron chi connectivity index (χ2n) is 8.41. The van der Waals surface area contributed by atoms with Gasteiger partial charge < -0.3 is 4.98 Å². The van der Waals surface area contributed by atoms with E-state index in [1.807, 2.05) is 16.8 Å². The Morgan fingerprint density at radius 3 is 2.81 bits per heavy atom. The van der Waals surface area contributed by atoms with Crippen LogP contribution in [0.5, 0.6) is 0 Å². The Morgan fingerprint density at radius 1 is 1.09 bits per heavy atom. The average molecular weight is 421 g/mol. The molecule has 0 fully saturated rings. The van der Waals surface area contributed by atoms with Crippen molar-refractivity contribution >= 4 is 16.6 Å². The first-order chi connectivity index (χ1) is 15.6. The van der Waals surface area contributed by atoms with E-state index in [1.54, 1.807) is 12.4 Å². The zero-order valence-corrected chi connectivity index (χ0v) is 18.2. The summed E-state index contributed by atoms with van der Waals surface area (Å²) in [6.45, 7) is 4.31. The quantitative estimate of drug-likeness (QED) is 0.396. The van der Waals surface area contributed by atoms with Crippen LogP contribution in [0.3, 0.4) is 0 Å². The molecular formula is C26H24N6. The summed E-state index contributed by atoms with van der Waals surface area (Å²) in [5, 5.41) is 15.2. The molecule has 158 valence electrons. The van der Waals surface area contributed by atoms with E-state index in [4.69, 9.17) is 4.98 Å². The Kier molecular flexibility index (Phi) is 5.16. The first kappa shape index (κ1) is 20.0. The maximum Gasteiger partial charge on any atom is 0.159 e. The lowest BCUT2D eigenvalue weighted by atomic mass is 10.0. The number of nitriles is 1. The number of para-hydroxylation sites is 1. The monoisotopic (exact) mass is 420 g/mol. The number of aryl methyl sites for hydroxylation is 2. The third-order valence-corrected chi connectivity index (χ3v) is 5.91.